The van der Waals surface area contributed by atoms with Gasteiger partial charge in [0.25, 0.3) is 5.91 Å². The number of amides is 4. The minimum atomic E-state index is -1.42. The normalized spacial score (nSPS) is 14.6. The molecule has 4 amide bonds. The van der Waals surface area contributed by atoms with Crippen LogP contribution in [-0.4, -0.2) is 75.1 Å². The van der Waals surface area contributed by atoms with Gasteiger partial charge in [-0.2, -0.15) is 0 Å². The number of aryl methyl sites for hydroxylation is 1. The molecule has 12 nitrogen and oxygen atoms in total. The lowest BCUT2D eigenvalue weighted by atomic mass is 10.0. The van der Waals surface area contributed by atoms with Crippen LogP contribution in [0.15, 0.2) is 66.9 Å². The summed E-state index contributed by atoms with van der Waals surface area (Å²) in [7, 11) is 0. The van der Waals surface area contributed by atoms with Crippen molar-refractivity contribution >= 4 is 29.6 Å². The summed E-state index contributed by atoms with van der Waals surface area (Å²) in [6, 6.07) is 17.1. The molecule has 0 radical (unpaired) electrons. The number of imidazole rings is 1. The van der Waals surface area contributed by atoms with Crippen LogP contribution in [0.1, 0.15) is 70.5 Å². The van der Waals surface area contributed by atoms with E-state index >= 15 is 0 Å². The van der Waals surface area contributed by atoms with Crippen LogP contribution in [0.3, 0.4) is 0 Å². The predicted octanol–water partition coefficient (Wildman–Crippen LogP) is 4.35. The Kier molecular flexibility index (Phi) is 11.4. The van der Waals surface area contributed by atoms with Gasteiger partial charge in [-0.25, -0.2) is 9.78 Å². The molecule has 0 saturated carbocycles. The number of benzene rings is 2. The monoisotopic (exact) mass is 646 g/mol. The first-order chi connectivity index (χ1) is 22.2. The number of carbonyl (C=O) groups is 4. The molecule has 1 fully saturated rings. The highest BCUT2D eigenvalue weighted by Gasteiger charge is 2.35. The number of anilines is 1. The molecule has 4 rings (SSSR count). The van der Waals surface area contributed by atoms with Gasteiger partial charge >= 0.3 is 6.09 Å². The molecule has 12 heteroatoms. The third-order valence-corrected chi connectivity index (χ3v) is 7.61. The predicted molar refractivity (Wildman–Crippen MR) is 177 cm³/mol. The Labute approximate surface area is 276 Å². The van der Waals surface area contributed by atoms with E-state index in [2.05, 4.69) is 20.9 Å². The van der Waals surface area contributed by atoms with Gasteiger partial charge in [0.1, 0.15) is 29.0 Å². The Bertz CT molecular complexity index is 1530. The molecule has 0 spiro atoms. The van der Waals surface area contributed by atoms with Crippen molar-refractivity contribution in [3.8, 4) is 0 Å². The molecule has 1 unspecified atom stereocenters. The van der Waals surface area contributed by atoms with E-state index in [0.717, 1.165) is 24.0 Å². The molecule has 3 N–H and O–H groups in total. The van der Waals surface area contributed by atoms with Crippen molar-refractivity contribution in [1.82, 2.24) is 25.1 Å². The first-order valence-corrected chi connectivity index (χ1v) is 15.9. The van der Waals surface area contributed by atoms with E-state index < -0.39 is 41.1 Å². The fourth-order valence-corrected chi connectivity index (χ4v) is 5.19. The third-order valence-electron chi connectivity index (χ3n) is 7.61. The first-order valence-electron chi connectivity index (χ1n) is 15.9. The maximum atomic E-state index is 13.7. The number of hydrogen-bond donors (Lipinski definition) is 3. The topological polar surface area (TPSA) is 144 Å². The fourth-order valence-electron chi connectivity index (χ4n) is 5.19. The second-order valence-corrected chi connectivity index (χ2v) is 13.2. The van der Waals surface area contributed by atoms with Crippen LogP contribution in [0.4, 0.5) is 10.6 Å². The zero-order valence-electron chi connectivity index (χ0n) is 28.0. The minimum Gasteiger partial charge on any atom is -0.444 e. The van der Waals surface area contributed by atoms with Gasteiger partial charge in [0.2, 0.25) is 11.8 Å². The smallest absolute Gasteiger partial charge is 0.408 e. The lowest BCUT2D eigenvalue weighted by Crippen LogP contribution is -2.59. The van der Waals surface area contributed by atoms with Crippen molar-refractivity contribution in [1.29, 1.82) is 0 Å². The molecule has 2 atom stereocenters. The summed E-state index contributed by atoms with van der Waals surface area (Å²) in [6.45, 7) is 11.4. The fraction of sp³-hybridized carbons (Fsp3) is 0.457. The molecule has 252 valence electrons. The number of rotatable bonds is 12. The van der Waals surface area contributed by atoms with Gasteiger partial charge in [0.15, 0.2) is 5.82 Å². The second-order valence-electron chi connectivity index (χ2n) is 13.2. The molecule has 3 aromatic rings. The van der Waals surface area contributed by atoms with Gasteiger partial charge < -0.3 is 34.9 Å². The molecule has 2 aromatic carbocycles. The molecule has 0 bridgehead atoms. The van der Waals surface area contributed by atoms with Gasteiger partial charge in [-0.1, -0.05) is 60.7 Å². The van der Waals surface area contributed by atoms with Crippen molar-refractivity contribution in [2.75, 3.05) is 25.0 Å². The lowest BCUT2D eigenvalue weighted by molar-refractivity contribution is -0.132. The average Bonchev–Trinajstić information content (AvgIpc) is 3.67. The van der Waals surface area contributed by atoms with Gasteiger partial charge in [-0.15, -0.1) is 0 Å². The van der Waals surface area contributed by atoms with Crippen LogP contribution in [-0.2, 0) is 30.5 Å². The molecule has 1 aliphatic rings. The van der Waals surface area contributed by atoms with Gasteiger partial charge in [-0.05, 0) is 65.5 Å². The largest absolute Gasteiger partial charge is 0.444 e. The maximum absolute atomic E-state index is 13.7. The summed E-state index contributed by atoms with van der Waals surface area (Å²) in [5.41, 5.74) is -0.474. The number of alkyl carbamates (subject to hydrolysis) is 1. The average molecular weight is 647 g/mol. The SMILES string of the molecule is Cc1nc(NC(=O)[C@@H](COCc2ccccc2)NC(=O)C(C)(C)NC(=O)OC(C)(C)C)cn1C(C(=O)N1CCCC1)c1ccccc1. The van der Waals surface area contributed by atoms with Crippen molar-refractivity contribution < 1.29 is 28.7 Å². The molecule has 2 heterocycles. The molecule has 1 aliphatic heterocycles. The number of hydrogen-bond acceptors (Lipinski definition) is 7. The molecular formula is C35H46N6O6. The maximum Gasteiger partial charge on any atom is 0.408 e. The number of ether oxygens (including phenoxy) is 2. The summed E-state index contributed by atoms with van der Waals surface area (Å²) in [5, 5.41) is 8.07. The highest BCUT2D eigenvalue weighted by molar-refractivity contribution is 5.98. The summed E-state index contributed by atoms with van der Waals surface area (Å²) < 4.78 is 12.9. The number of likely N-dealkylation sites (tertiary alicyclic amines) is 1. The van der Waals surface area contributed by atoms with Crippen molar-refractivity contribution in [3.05, 3.63) is 83.8 Å². The lowest BCUT2D eigenvalue weighted by Gasteiger charge is -2.29. The molecule has 47 heavy (non-hydrogen) atoms. The van der Waals surface area contributed by atoms with Crippen LogP contribution >= 0.6 is 0 Å². The quantitative estimate of drug-likeness (QED) is 0.266. The van der Waals surface area contributed by atoms with Gasteiger partial charge in [0.05, 0.1) is 13.2 Å². The van der Waals surface area contributed by atoms with E-state index in [9.17, 15) is 19.2 Å². The minimum absolute atomic E-state index is 0.0359. The molecular weight excluding hydrogens is 600 g/mol. The molecule has 0 aliphatic carbocycles. The highest BCUT2D eigenvalue weighted by atomic mass is 16.6. The Morgan fingerprint density at radius 3 is 2.15 bits per heavy atom. The van der Waals surface area contributed by atoms with Gasteiger partial charge in [-0.3, -0.25) is 14.4 Å². The van der Waals surface area contributed by atoms with E-state index in [1.54, 1.807) is 38.5 Å². The molecule has 1 saturated heterocycles. The summed E-state index contributed by atoms with van der Waals surface area (Å²) in [6.07, 6.45) is 2.79. The van der Waals surface area contributed by atoms with Crippen LogP contribution in [0.2, 0.25) is 0 Å². The van der Waals surface area contributed by atoms with E-state index in [4.69, 9.17) is 9.47 Å². The number of nitrogens with zero attached hydrogens (tertiary/aromatic N) is 3. The Morgan fingerprint density at radius 2 is 1.53 bits per heavy atom. The first kappa shape index (κ1) is 35.1. The van der Waals surface area contributed by atoms with Crippen LogP contribution < -0.4 is 16.0 Å². The Balaban J connectivity index is 1.53. The van der Waals surface area contributed by atoms with Crippen molar-refractivity contribution in [2.45, 2.75) is 84.2 Å². The number of nitrogens with one attached hydrogen (secondary N) is 3. The van der Waals surface area contributed by atoms with E-state index in [1.807, 2.05) is 65.6 Å². The standard InChI is InChI=1S/C35H46N6O6/c1-24-36-28(21-41(24)29(26-17-11-8-12-18-26)31(43)40-19-13-14-20-40)38-30(42)27(23-46-22-25-15-9-7-10-16-25)37-32(44)35(5,6)39-33(45)47-34(2,3)4/h7-12,15-18,21,27,29H,13-14,19-20,22-23H2,1-6H3,(H,37,44)(H,38,42)(H,39,45)/t27-,29?/m1/s1. The Morgan fingerprint density at radius 1 is 0.915 bits per heavy atom. The number of aromatic nitrogens is 2. The van der Waals surface area contributed by atoms with Crippen LogP contribution in [0, 0.1) is 6.92 Å². The van der Waals surface area contributed by atoms with Crippen LogP contribution in [0.5, 0.6) is 0 Å². The van der Waals surface area contributed by atoms with Crippen LogP contribution in [0.25, 0.3) is 0 Å². The van der Waals surface area contributed by atoms with E-state index in [-0.39, 0.29) is 24.9 Å². The Hall–Kier alpha value is -4.71. The van der Waals surface area contributed by atoms with Crippen molar-refractivity contribution in [2.24, 2.45) is 0 Å². The highest BCUT2D eigenvalue weighted by Crippen LogP contribution is 2.26. The summed E-state index contributed by atoms with van der Waals surface area (Å²) in [4.78, 5) is 59.7. The number of carbonyl (C=O) groups excluding carboxylic acids is 4. The zero-order chi connectivity index (χ0) is 34.2. The van der Waals surface area contributed by atoms with E-state index in [1.165, 1.54) is 13.8 Å². The third kappa shape index (κ3) is 9.89. The summed E-state index contributed by atoms with van der Waals surface area (Å²) in [5.74, 6) is -0.479. The molecule has 1 aromatic heterocycles. The second kappa shape index (κ2) is 15.3. The van der Waals surface area contributed by atoms with E-state index in [0.29, 0.717) is 18.9 Å². The summed E-state index contributed by atoms with van der Waals surface area (Å²) >= 11 is 0. The zero-order valence-corrected chi connectivity index (χ0v) is 28.0. The van der Waals surface area contributed by atoms with Crippen molar-refractivity contribution in [3.63, 3.8) is 0 Å². The van der Waals surface area contributed by atoms with Gasteiger partial charge in [0, 0.05) is 19.3 Å².